The molecule has 1 aliphatic rings. The minimum Gasteiger partial charge on any atom is -0.455 e. The summed E-state index contributed by atoms with van der Waals surface area (Å²) >= 11 is 0. The van der Waals surface area contributed by atoms with E-state index in [9.17, 15) is 19.2 Å². The van der Waals surface area contributed by atoms with Gasteiger partial charge >= 0.3 is 5.97 Å². The van der Waals surface area contributed by atoms with Crippen molar-refractivity contribution >= 4 is 35.1 Å². The van der Waals surface area contributed by atoms with E-state index in [1.54, 1.807) is 50.2 Å². The lowest BCUT2D eigenvalue weighted by atomic mass is 9.87. The highest BCUT2D eigenvalue weighted by molar-refractivity contribution is 6.14. The molecular weight excluding hydrogens is 434 g/mol. The van der Waals surface area contributed by atoms with E-state index in [4.69, 9.17) is 4.74 Å². The number of carbonyl (C=O) groups excluding carboxylic acids is 4. The molecule has 2 aromatic carbocycles. The topological polar surface area (TPSA) is 105 Å². The third-order valence-electron chi connectivity index (χ3n) is 5.74. The second-order valence-electron chi connectivity index (χ2n) is 9.75. The highest BCUT2D eigenvalue weighted by Gasteiger charge is 2.43. The van der Waals surface area contributed by atoms with E-state index >= 15 is 0 Å². The number of hydrogen-bond acceptors (Lipinski definition) is 5. The second-order valence-corrected chi connectivity index (χ2v) is 9.75. The van der Waals surface area contributed by atoms with Crippen LogP contribution in [0.1, 0.15) is 57.0 Å². The van der Waals surface area contributed by atoms with E-state index in [-0.39, 0.29) is 30.2 Å². The third-order valence-corrected chi connectivity index (χ3v) is 5.74. The van der Waals surface area contributed by atoms with Crippen LogP contribution in [0, 0.1) is 0 Å². The number of carbonyl (C=O) groups is 4. The molecule has 0 saturated heterocycles. The SMILES string of the molecule is CC(C)(C)c1ccc(C(=O)NCCC(=O)OCC(=O)N2c3ccccc3NC(=O)C2(C)C)cc1. The normalized spacial score (nSPS) is 14.6. The molecule has 0 aromatic heterocycles. The smallest absolute Gasteiger partial charge is 0.308 e. The molecule has 0 atom stereocenters. The van der Waals surface area contributed by atoms with E-state index in [2.05, 4.69) is 31.4 Å². The largest absolute Gasteiger partial charge is 0.455 e. The fourth-order valence-electron chi connectivity index (χ4n) is 3.68. The molecule has 1 aliphatic heterocycles. The van der Waals surface area contributed by atoms with Gasteiger partial charge in [0.15, 0.2) is 6.61 Å². The van der Waals surface area contributed by atoms with E-state index < -0.39 is 24.0 Å². The molecule has 34 heavy (non-hydrogen) atoms. The van der Waals surface area contributed by atoms with Gasteiger partial charge in [0.2, 0.25) is 5.91 Å². The van der Waals surface area contributed by atoms with Gasteiger partial charge in [-0.3, -0.25) is 24.1 Å². The first-order valence-electron chi connectivity index (χ1n) is 11.2. The van der Waals surface area contributed by atoms with Crippen LogP contribution in [0.3, 0.4) is 0 Å². The van der Waals surface area contributed by atoms with Gasteiger partial charge in [-0.1, -0.05) is 45.0 Å². The third kappa shape index (κ3) is 5.44. The zero-order valence-electron chi connectivity index (χ0n) is 20.2. The average molecular weight is 466 g/mol. The standard InChI is InChI=1S/C26H31N3O5/c1-25(2,3)18-12-10-17(11-13-18)23(32)27-15-14-22(31)34-16-21(30)29-20-9-7-6-8-19(20)28-24(33)26(29,4)5/h6-13H,14-16H2,1-5H3,(H,27,32)(H,28,33). The summed E-state index contributed by atoms with van der Waals surface area (Å²) in [5.74, 6) is -1.75. The molecule has 0 spiro atoms. The van der Waals surface area contributed by atoms with Crippen molar-refractivity contribution in [2.75, 3.05) is 23.4 Å². The number of fused-ring (bicyclic) bond motifs is 1. The Labute approximate surface area is 199 Å². The second kappa shape index (κ2) is 9.67. The number of para-hydroxylation sites is 2. The van der Waals surface area contributed by atoms with E-state index in [1.807, 2.05) is 12.1 Å². The Kier molecular flexibility index (Phi) is 7.09. The lowest BCUT2D eigenvalue weighted by Crippen LogP contribution is -2.59. The van der Waals surface area contributed by atoms with Crippen LogP contribution in [-0.4, -0.2) is 42.4 Å². The van der Waals surface area contributed by atoms with Crippen molar-refractivity contribution in [1.29, 1.82) is 0 Å². The summed E-state index contributed by atoms with van der Waals surface area (Å²) < 4.78 is 5.13. The molecule has 2 aromatic rings. The fraction of sp³-hybridized carbons (Fsp3) is 0.385. The molecule has 0 fully saturated rings. The molecule has 0 radical (unpaired) electrons. The zero-order valence-corrected chi connectivity index (χ0v) is 20.2. The predicted octanol–water partition coefficient (Wildman–Crippen LogP) is 3.41. The van der Waals surface area contributed by atoms with E-state index in [0.29, 0.717) is 16.9 Å². The van der Waals surface area contributed by atoms with Gasteiger partial charge in [-0.15, -0.1) is 0 Å². The Morgan fingerprint density at radius 1 is 1.03 bits per heavy atom. The van der Waals surface area contributed by atoms with Crippen LogP contribution >= 0.6 is 0 Å². The molecule has 3 rings (SSSR count). The molecule has 0 aliphatic carbocycles. The van der Waals surface area contributed by atoms with Crippen molar-refractivity contribution in [2.24, 2.45) is 0 Å². The van der Waals surface area contributed by atoms with E-state index in [0.717, 1.165) is 5.56 Å². The maximum atomic E-state index is 12.9. The maximum Gasteiger partial charge on any atom is 0.308 e. The number of ether oxygens (including phenoxy) is 1. The summed E-state index contributed by atoms with van der Waals surface area (Å²) in [4.78, 5) is 51.2. The van der Waals surface area contributed by atoms with Crippen molar-refractivity contribution in [3.63, 3.8) is 0 Å². The minimum absolute atomic E-state index is 0.00844. The lowest BCUT2D eigenvalue weighted by molar-refractivity contribution is -0.148. The number of anilines is 2. The van der Waals surface area contributed by atoms with Gasteiger partial charge in [-0.05, 0) is 49.1 Å². The minimum atomic E-state index is -1.14. The zero-order chi connectivity index (χ0) is 25.1. The van der Waals surface area contributed by atoms with Gasteiger partial charge in [0.05, 0.1) is 17.8 Å². The molecule has 180 valence electrons. The molecule has 8 heteroatoms. The van der Waals surface area contributed by atoms with Crippen molar-refractivity contribution in [2.45, 2.75) is 52.0 Å². The quantitative estimate of drug-likeness (QED) is 0.636. The molecule has 8 nitrogen and oxygen atoms in total. The number of amides is 3. The Balaban J connectivity index is 1.51. The predicted molar refractivity (Wildman–Crippen MR) is 130 cm³/mol. The number of nitrogens with zero attached hydrogens (tertiary/aromatic N) is 1. The Bertz CT molecular complexity index is 1100. The van der Waals surface area contributed by atoms with Crippen molar-refractivity contribution in [3.8, 4) is 0 Å². The fourth-order valence-corrected chi connectivity index (χ4v) is 3.68. The highest BCUT2D eigenvalue weighted by atomic mass is 16.5. The number of benzene rings is 2. The van der Waals surface area contributed by atoms with Crippen LogP contribution < -0.4 is 15.5 Å². The summed E-state index contributed by atoms with van der Waals surface area (Å²) in [7, 11) is 0. The molecule has 0 saturated carbocycles. The molecule has 3 amide bonds. The number of rotatable bonds is 6. The number of hydrogen-bond donors (Lipinski definition) is 2. The van der Waals surface area contributed by atoms with Crippen LogP contribution in [-0.2, 0) is 24.5 Å². The van der Waals surface area contributed by atoms with Gasteiger partial charge in [-0.2, -0.15) is 0 Å². The summed E-state index contributed by atoms with van der Waals surface area (Å²) in [6.45, 7) is 9.11. The van der Waals surface area contributed by atoms with E-state index in [1.165, 1.54) is 4.90 Å². The summed E-state index contributed by atoms with van der Waals surface area (Å²) in [5.41, 5.74) is 1.53. The lowest BCUT2D eigenvalue weighted by Gasteiger charge is -2.41. The van der Waals surface area contributed by atoms with Crippen LogP contribution in [0.4, 0.5) is 11.4 Å². The van der Waals surface area contributed by atoms with Crippen LogP contribution in [0.5, 0.6) is 0 Å². The number of esters is 1. The highest BCUT2D eigenvalue weighted by Crippen LogP contribution is 2.36. The van der Waals surface area contributed by atoms with Gasteiger partial charge < -0.3 is 15.4 Å². The summed E-state index contributed by atoms with van der Waals surface area (Å²) in [6, 6.07) is 14.3. The molecule has 0 unspecified atom stereocenters. The Morgan fingerprint density at radius 2 is 1.68 bits per heavy atom. The first kappa shape index (κ1) is 25.0. The van der Waals surface area contributed by atoms with Gasteiger partial charge in [0.1, 0.15) is 5.54 Å². The van der Waals surface area contributed by atoms with Crippen molar-refractivity contribution < 1.29 is 23.9 Å². The average Bonchev–Trinajstić information content (AvgIpc) is 2.77. The first-order valence-corrected chi connectivity index (χ1v) is 11.2. The molecule has 2 N–H and O–H groups in total. The monoisotopic (exact) mass is 465 g/mol. The Morgan fingerprint density at radius 3 is 2.32 bits per heavy atom. The molecular formula is C26H31N3O5. The van der Waals surface area contributed by atoms with Gasteiger partial charge in [0, 0.05) is 12.1 Å². The van der Waals surface area contributed by atoms with Gasteiger partial charge in [-0.25, -0.2) is 0 Å². The number of nitrogens with one attached hydrogen (secondary N) is 2. The van der Waals surface area contributed by atoms with Crippen molar-refractivity contribution in [1.82, 2.24) is 5.32 Å². The maximum absolute atomic E-state index is 12.9. The van der Waals surface area contributed by atoms with Crippen LogP contribution in [0.15, 0.2) is 48.5 Å². The Hall–Kier alpha value is -3.68. The van der Waals surface area contributed by atoms with Crippen molar-refractivity contribution in [3.05, 3.63) is 59.7 Å². The molecule has 1 heterocycles. The summed E-state index contributed by atoms with van der Waals surface area (Å²) in [5, 5.41) is 5.46. The summed E-state index contributed by atoms with van der Waals surface area (Å²) in [6.07, 6.45) is -0.0838. The van der Waals surface area contributed by atoms with Gasteiger partial charge in [0.25, 0.3) is 11.8 Å². The first-order chi connectivity index (χ1) is 15.9. The molecule has 0 bridgehead atoms. The van der Waals surface area contributed by atoms with Crippen LogP contribution in [0.2, 0.25) is 0 Å². The van der Waals surface area contributed by atoms with Crippen LogP contribution in [0.25, 0.3) is 0 Å².